The van der Waals surface area contributed by atoms with E-state index in [1.165, 1.54) is 18.3 Å². The van der Waals surface area contributed by atoms with Crippen molar-refractivity contribution in [3.63, 3.8) is 0 Å². The maximum Gasteiger partial charge on any atom is 0.149 e. The van der Waals surface area contributed by atoms with Crippen LogP contribution in [0.25, 0.3) is 0 Å². The number of anilines is 1. The fourth-order valence-corrected chi connectivity index (χ4v) is 1.70. The van der Waals surface area contributed by atoms with E-state index in [4.69, 9.17) is 0 Å². The lowest BCUT2D eigenvalue weighted by molar-refractivity contribution is 0.464. The zero-order valence-electron chi connectivity index (χ0n) is 9.27. The van der Waals surface area contributed by atoms with Crippen molar-refractivity contribution >= 4 is 27.8 Å². The van der Waals surface area contributed by atoms with E-state index in [2.05, 4.69) is 26.5 Å². The molecule has 0 spiro atoms. The summed E-state index contributed by atoms with van der Waals surface area (Å²) in [5.74, 6) is -0.686. The number of rotatable bonds is 3. The fraction of sp³-hybridized carbons (Fsp3) is 0. The van der Waals surface area contributed by atoms with Gasteiger partial charge in [-0.05, 0) is 40.2 Å². The first-order valence-corrected chi connectivity index (χ1v) is 5.99. The summed E-state index contributed by atoms with van der Waals surface area (Å²) in [4.78, 5) is 0. The number of hydrogen-bond acceptors (Lipinski definition) is 3. The van der Waals surface area contributed by atoms with Crippen molar-refractivity contribution < 1.29 is 9.50 Å². The molecule has 2 N–H and O–H groups in total. The van der Waals surface area contributed by atoms with Gasteiger partial charge < -0.3 is 5.11 Å². The monoisotopic (exact) mass is 308 g/mol. The summed E-state index contributed by atoms with van der Waals surface area (Å²) in [5.41, 5.74) is 3.87. The zero-order valence-corrected chi connectivity index (χ0v) is 10.9. The number of hydrazone groups is 1. The van der Waals surface area contributed by atoms with Gasteiger partial charge in [-0.15, -0.1) is 0 Å². The van der Waals surface area contributed by atoms with E-state index in [-0.39, 0.29) is 15.8 Å². The van der Waals surface area contributed by atoms with Gasteiger partial charge in [0.2, 0.25) is 0 Å². The van der Waals surface area contributed by atoms with Crippen molar-refractivity contribution in [1.82, 2.24) is 0 Å². The Balaban J connectivity index is 2.13. The second-order valence-electron chi connectivity index (χ2n) is 3.54. The molecule has 0 saturated heterocycles. The van der Waals surface area contributed by atoms with Crippen LogP contribution in [0.2, 0.25) is 0 Å². The quantitative estimate of drug-likeness (QED) is 0.670. The second kappa shape index (κ2) is 5.64. The van der Waals surface area contributed by atoms with Gasteiger partial charge in [-0.2, -0.15) is 5.10 Å². The van der Waals surface area contributed by atoms with Crippen LogP contribution in [0, 0.1) is 5.82 Å². The molecular formula is C13H10BrFN2O. The number of phenolic OH excluding ortho intramolecular Hbond substituents is 1. The highest BCUT2D eigenvalue weighted by atomic mass is 79.9. The standard InChI is InChI=1S/C13H10BrFN2O/c14-12-11(18)7-6-9(13(12)15)8-16-17-10-4-2-1-3-5-10/h1-8,17-18H. The van der Waals surface area contributed by atoms with Crippen molar-refractivity contribution in [2.45, 2.75) is 0 Å². The molecule has 0 atom stereocenters. The fourth-order valence-electron chi connectivity index (χ4n) is 1.34. The SMILES string of the molecule is Oc1ccc(C=NNc2ccccc2)c(F)c1Br. The van der Waals surface area contributed by atoms with Gasteiger partial charge in [0.15, 0.2) is 0 Å². The van der Waals surface area contributed by atoms with Crippen LogP contribution >= 0.6 is 15.9 Å². The number of nitrogens with zero attached hydrogens (tertiary/aromatic N) is 1. The minimum absolute atomic E-state index is 0.0335. The van der Waals surface area contributed by atoms with E-state index in [1.54, 1.807) is 0 Å². The minimum atomic E-state index is -0.548. The van der Waals surface area contributed by atoms with Gasteiger partial charge in [-0.3, -0.25) is 5.43 Å². The molecule has 0 fully saturated rings. The number of nitrogens with one attached hydrogen (secondary N) is 1. The molecule has 5 heteroatoms. The van der Waals surface area contributed by atoms with Gasteiger partial charge in [0, 0.05) is 5.56 Å². The highest BCUT2D eigenvalue weighted by molar-refractivity contribution is 9.10. The average Bonchev–Trinajstić information content (AvgIpc) is 2.40. The lowest BCUT2D eigenvalue weighted by Crippen LogP contribution is -1.94. The second-order valence-corrected chi connectivity index (χ2v) is 4.33. The lowest BCUT2D eigenvalue weighted by Gasteiger charge is -2.02. The summed E-state index contributed by atoms with van der Waals surface area (Å²) >= 11 is 2.96. The number of aromatic hydroxyl groups is 1. The first-order valence-electron chi connectivity index (χ1n) is 5.19. The molecule has 0 aliphatic carbocycles. The molecule has 0 heterocycles. The molecule has 0 bridgehead atoms. The largest absolute Gasteiger partial charge is 0.507 e. The number of benzene rings is 2. The third-order valence-corrected chi connectivity index (χ3v) is 3.02. The Morgan fingerprint density at radius 1 is 1.17 bits per heavy atom. The van der Waals surface area contributed by atoms with Crippen LogP contribution < -0.4 is 5.43 Å². The lowest BCUT2D eigenvalue weighted by atomic mass is 10.2. The van der Waals surface area contributed by atoms with Crippen LogP contribution in [-0.2, 0) is 0 Å². The Hall–Kier alpha value is -1.88. The Morgan fingerprint density at radius 2 is 1.89 bits per heavy atom. The Labute approximate surface area is 112 Å². The molecule has 2 aromatic carbocycles. The molecule has 0 radical (unpaired) electrons. The van der Waals surface area contributed by atoms with Crippen molar-refractivity contribution in [3.05, 3.63) is 58.3 Å². The zero-order chi connectivity index (χ0) is 13.0. The number of phenols is 1. The van der Waals surface area contributed by atoms with E-state index in [1.807, 2.05) is 30.3 Å². The number of para-hydroxylation sites is 1. The molecule has 0 unspecified atom stereocenters. The van der Waals surface area contributed by atoms with Gasteiger partial charge in [0.25, 0.3) is 0 Å². The number of hydrogen-bond donors (Lipinski definition) is 2. The first-order chi connectivity index (χ1) is 8.68. The van der Waals surface area contributed by atoms with Crippen LogP contribution in [0.15, 0.2) is 52.0 Å². The van der Waals surface area contributed by atoms with Crippen LogP contribution in [0.1, 0.15) is 5.56 Å². The maximum atomic E-state index is 13.7. The van der Waals surface area contributed by atoms with Gasteiger partial charge in [0.05, 0.1) is 16.4 Å². The summed E-state index contributed by atoms with van der Waals surface area (Å²) in [5, 5.41) is 13.2. The Bertz CT molecular complexity index is 573. The molecule has 2 aromatic rings. The van der Waals surface area contributed by atoms with E-state index >= 15 is 0 Å². The van der Waals surface area contributed by atoms with Crippen LogP contribution in [0.5, 0.6) is 5.75 Å². The van der Waals surface area contributed by atoms with Gasteiger partial charge >= 0.3 is 0 Å². The molecule has 0 aliphatic heterocycles. The molecule has 92 valence electrons. The Morgan fingerprint density at radius 3 is 2.61 bits per heavy atom. The summed E-state index contributed by atoms with van der Waals surface area (Å²) in [6, 6.07) is 12.2. The third-order valence-electron chi connectivity index (χ3n) is 2.26. The normalized spacial score (nSPS) is 10.8. The predicted molar refractivity (Wildman–Crippen MR) is 73.4 cm³/mol. The topological polar surface area (TPSA) is 44.6 Å². The smallest absolute Gasteiger partial charge is 0.149 e. The predicted octanol–water partition coefficient (Wildman–Crippen LogP) is 3.74. The van der Waals surface area contributed by atoms with E-state index in [0.717, 1.165) is 5.69 Å². The van der Waals surface area contributed by atoms with Crippen LogP contribution in [0.4, 0.5) is 10.1 Å². The maximum absolute atomic E-state index is 13.7. The van der Waals surface area contributed by atoms with Gasteiger partial charge in [-0.1, -0.05) is 18.2 Å². The molecule has 0 aromatic heterocycles. The highest BCUT2D eigenvalue weighted by Crippen LogP contribution is 2.27. The minimum Gasteiger partial charge on any atom is -0.507 e. The third kappa shape index (κ3) is 2.87. The molecule has 2 rings (SSSR count). The molecule has 0 aliphatic rings. The molecule has 0 amide bonds. The van der Waals surface area contributed by atoms with Crippen molar-refractivity contribution in [1.29, 1.82) is 0 Å². The van der Waals surface area contributed by atoms with Crippen molar-refractivity contribution in [3.8, 4) is 5.75 Å². The van der Waals surface area contributed by atoms with Gasteiger partial charge in [-0.25, -0.2) is 4.39 Å². The van der Waals surface area contributed by atoms with Crippen molar-refractivity contribution in [2.24, 2.45) is 5.10 Å². The van der Waals surface area contributed by atoms with Crippen molar-refractivity contribution in [2.75, 3.05) is 5.43 Å². The van der Waals surface area contributed by atoms with E-state index in [9.17, 15) is 9.50 Å². The van der Waals surface area contributed by atoms with Crippen LogP contribution in [-0.4, -0.2) is 11.3 Å². The molecule has 3 nitrogen and oxygen atoms in total. The van der Waals surface area contributed by atoms with E-state index < -0.39 is 5.82 Å². The summed E-state index contributed by atoms with van der Waals surface area (Å²) in [6.07, 6.45) is 1.35. The Kier molecular flexibility index (Phi) is 3.94. The summed E-state index contributed by atoms with van der Waals surface area (Å²) in [7, 11) is 0. The summed E-state index contributed by atoms with van der Waals surface area (Å²) in [6.45, 7) is 0. The summed E-state index contributed by atoms with van der Waals surface area (Å²) < 4.78 is 13.7. The first kappa shape index (κ1) is 12.6. The molecule has 0 saturated carbocycles. The van der Waals surface area contributed by atoms with E-state index in [0.29, 0.717) is 0 Å². The van der Waals surface area contributed by atoms with Crippen LogP contribution in [0.3, 0.4) is 0 Å². The van der Waals surface area contributed by atoms with Gasteiger partial charge in [0.1, 0.15) is 11.6 Å². The average molecular weight is 309 g/mol. The molecule has 18 heavy (non-hydrogen) atoms. The molecular weight excluding hydrogens is 299 g/mol. The highest BCUT2D eigenvalue weighted by Gasteiger charge is 2.08. The number of halogens is 2.